The second-order valence-corrected chi connectivity index (χ2v) is 9.69. The zero-order valence-electron chi connectivity index (χ0n) is 20.2. The van der Waals surface area contributed by atoms with Crippen LogP contribution in [0.15, 0.2) is 48.5 Å². The second-order valence-electron chi connectivity index (χ2n) is 9.69. The van der Waals surface area contributed by atoms with E-state index >= 15 is 0 Å². The molecule has 0 atom stereocenters. The number of amides is 2. The molecule has 2 heterocycles. The van der Waals surface area contributed by atoms with Crippen LogP contribution in [0.4, 0.5) is 24.5 Å². The van der Waals surface area contributed by atoms with Gasteiger partial charge in [0, 0.05) is 47.0 Å². The zero-order chi connectivity index (χ0) is 26.0. The van der Waals surface area contributed by atoms with Crippen LogP contribution < -0.4 is 15.4 Å². The monoisotopic (exact) mass is 511 g/mol. The highest BCUT2D eigenvalue weighted by atomic mass is 19.4. The molecule has 2 aromatic carbocycles. The van der Waals surface area contributed by atoms with E-state index in [1.165, 1.54) is 37.5 Å². The minimum absolute atomic E-state index is 0.0505. The minimum Gasteiger partial charge on any atom is -0.406 e. The van der Waals surface area contributed by atoms with Crippen LogP contribution in [-0.4, -0.2) is 22.7 Å². The highest BCUT2D eigenvalue weighted by Crippen LogP contribution is 2.32. The lowest BCUT2D eigenvalue weighted by Gasteiger charge is -2.23. The summed E-state index contributed by atoms with van der Waals surface area (Å²) >= 11 is 0. The fourth-order valence-corrected chi connectivity index (χ4v) is 5.23. The zero-order valence-corrected chi connectivity index (χ0v) is 20.2. The molecule has 0 saturated heterocycles. The molecule has 0 bridgehead atoms. The van der Waals surface area contributed by atoms with E-state index in [4.69, 9.17) is 0 Å². The first-order valence-electron chi connectivity index (χ1n) is 12.5. The molecule has 5 rings (SSSR count). The van der Waals surface area contributed by atoms with Crippen LogP contribution in [0, 0.1) is 5.92 Å². The molecule has 3 aromatic rings. The summed E-state index contributed by atoms with van der Waals surface area (Å²) in [5.74, 6) is -0.201. The van der Waals surface area contributed by atoms with Crippen LogP contribution in [-0.2, 0) is 22.6 Å². The van der Waals surface area contributed by atoms with E-state index in [-0.39, 0.29) is 17.6 Å². The third kappa shape index (κ3) is 6.15. The fraction of sp³-hybridized carbons (Fsp3) is 0.357. The maximum Gasteiger partial charge on any atom is 0.573 e. The van der Waals surface area contributed by atoms with Crippen molar-refractivity contribution in [3.63, 3.8) is 0 Å². The van der Waals surface area contributed by atoms with Gasteiger partial charge in [-0.2, -0.15) is 0 Å². The molecule has 37 heavy (non-hydrogen) atoms. The van der Waals surface area contributed by atoms with Gasteiger partial charge < -0.3 is 19.9 Å². The Labute approximate surface area is 212 Å². The molecule has 6 nitrogen and oxygen atoms in total. The van der Waals surface area contributed by atoms with E-state index in [0.717, 1.165) is 36.2 Å². The van der Waals surface area contributed by atoms with Gasteiger partial charge >= 0.3 is 6.36 Å². The lowest BCUT2D eigenvalue weighted by Crippen LogP contribution is -2.19. The van der Waals surface area contributed by atoms with E-state index in [0.29, 0.717) is 35.5 Å². The van der Waals surface area contributed by atoms with E-state index in [1.807, 2.05) is 6.07 Å². The largest absolute Gasteiger partial charge is 0.573 e. The molecule has 194 valence electrons. The normalized spacial score (nSPS) is 16.6. The number of benzene rings is 2. The Balaban J connectivity index is 1.38. The van der Waals surface area contributed by atoms with Gasteiger partial charge in [-0.15, -0.1) is 13.2 Å². The van der Waals surface area contributed by atoms with Gasteiger partial charge in [0.15, 0.2) is 0 Å². The summed E-state index contributed by atoms with van der Waals surface area (Å²) in [6.07, 6.45) is 5.21. The summed E-state index contributed by atoms with van der Waals surface area (Å²) in [5.41, 5.74) is 3.81. The molecule has 1 aliphatic heterocycles. The van der Waals surface area contributed by atoms with Crippen molar-refractivity contribution in [2.75, 3.05) is 10.6 Å². The molecular formula is C28H28F3N3O3. The Hall–Kier alpha value is -3.75. The minimum atomic E-state index is -4.77. The lowest BCUT2D eigenvalue weighted by atomic mass is 9.89. The van der Waals surface area contributed by atoms with Crippen molar-refractivity contribution in [3.8, 4) is 5.75 Å². The summed E-state index contributed by atoms with van der Waals surface area (Å²) < 4.78 is 44.4. The molecule has 2 aliphatic rings. The Bertz CT molecular complexity index is 1350. The maximum atomic E-state index is 12.7. The number of nitrogens with zero attached hydrogens (tertiary/aromatic N) is 1. The predicted octanol–water partition coefficient (Wildman–Crippen LogP) is 6.66. The summed E-state index contributed by atoms with van der Waals surface area (Å²) in [5, 5.41) is 6.25. The summed E-state index contributed by atoms with van der Waals surface area (Å²) in [6, 6.07) is 11.5. The molecule has 1 fully saturated rings. The fourth-order valence-electron chi connectivity index (χ4n) is 5.23. The van der Waals surface area contributed by atoms with E-state index < -0.39 is 6.36 Å². The first kappa shape index (κ1) is 24.9. The topological polar surface area (TPSA) is 72.4 Å². The van der Waals surface area contributed by atoms with Gasteiger partial charge in [-0.05, 0) is 73.2 Å². The van der Waals surface area contributed by atoms with Crippen molar-refractivity contribution in [1.82, 2.24) is 4.57 Å². The number of hydrogen-bond acceptors (Lipinski definition) is 3. The molecule has 0 unspecified atom stereocenters. The molecule has 1 aromatic heterocycles. The van der Waals surface area contributed by atoms with Crippen molar-refractivity contribution in [1.29, 1.82) is 0 Å². The van der Waals surface area contributed by atoms with Crippen LogP contribution in [0.25, 0.3) is 17.0 Å². The van der Waals surface area contributed by atoms with Crippen LogP contribution >= 0.6 is 0 Å². The van der Waals surface area contributed by atoms with Gasteiger partial charge in [-0.1, -0.05) is 25.3 Å². The number of carbonyl (C=O) groups is 2. The average molecular weight is 512 g/mol. The number of aryl methyl sites for hydroxylation is 1. The van der Waals surface area contributed by atoms with Crippen molar-refractivity contribution in [2.45, 2.75) is 57.9 Å². The third-order valence-corrected chi connectivity index (χ3v) is 6.98. The van der Waals surface area contributed by atoms with Crippen molar-refractivity contribution in [2.24, 2.45) is 5.92 Å². The molecular weight excluding hydrogens is 483 g/mol. The second kappa shape index (κ2) is 10.3. The molecule has 9 heteroatoms. The number of ether oxygens (including phenoxy) is 1. The quantitative estimate of drug-likeness (QED) is 0.364. The van der Waals surface area contributed by atoms with Gasteiger partial charge in [-0.25, -0.2) is 0 Å². The number of alkyl halides is 3. The van der Waals surface area contributed by atoms with Gasteiger partial charge in [0.25, 0.3) is 0 Å². The summed E-state index contributed by atoms with van der Waals surface area (Å²) in [4.78, 5) is 24.4. The number of nitrogens with one attached hydrogen (secondary N) is 2. The molecule has 1 aliphatic carbocycles. The number of halogens is 3. The first-order chi connectivity index (χ1) is 17.7. The Morgan fingerprint density at radius 3 is 2.68 bits per heavy atom. The van der Waals surface area contributed by atoms with Crippen LogP contribution in [0.1, 0.15) is 49.8 Å². The van der Waals surface area contributed by atoms with Crippen LogP contribution in [0.2, 0.25) is 0 Å². The molecule has 0 spiro atoms. The van der Waals surface area contributed by atoms with Gasteiger partial charge in [0.2, 0.25) is 11.8 Å². The van der Waals surface area contributed by atoms with Gasteiger partial charge in [0.05, 0.1) is 0 Å². The van der Waals surface area contributed by atoms with Crippen molar-refractivity contribution >= 4 is 40.2 Å². The van der Waals surface area contributed by atoms with Crippen LogP contribution in [0.5, 0.6) is 5.75 Å². The highest BCUT2D eigenvalue weighted by Gasteiger charge is 2.31. The summed E-state index contributed by atoms with van der Waals surface area (Å²) in [6.45, 7) is 0.731. The molecule has 2 amide bonds. The SMILES string of the molecule is O=C(/C=C/c1cc2cc(OC(F)(F)F)ccc2n1CC1CCCCC1)Nc1ccc2c(c1)NC(=O)CC2. The Morgan fingerprint density at radius 1 is 1.08 bits per heavy atom. The number of hydrogen-bond donors (Lipinski definition) is 2. The van der Waals surface area contributed by atoms with E-state index in [1.54, 1.807) is 30.3 Å². The van der Waals surface area contributed by atoms with Gasteiger partial charge in [0.1, 0.15) is 5.75 Å². The third-order valence-electron chi connectivity index (χ3n) is 6.98. The molecule has 1 saturated carbocycles. The number of anilines is 2. The van der Waals surface area contributed by atoms with Crippen LogP contribution in [0.3, 0.4) is 0 Å². The number of carbonyl (C=O) groups excluding carboxylic acids is 2. The first-order valence-corrected chi connectivity index (χ1v) is 12.5. The standard InChI is InChI=1S/C28H28F3N3O3/c29-28(30,31)37-23-10-11-25-20(15-23)14-22(34(25)17-18-4-2-1-3-5-18)9-13-26(35)32-21-8-6-19-7-12-27(36)33-24(19)16-21/h6,8-11,13-16,18H,1-5,7,12,17H2,(H,32,35)(H,33,36)/b13-9+. The lowest BCUT2D eigenvalue weighted by molar-refractivity contribution is -0.274. The summed E-state index contributed by atoms with van der Waals surface area (Å²) in [7, 11) is 0. The van der Waals surface area contributed by atoms with Crippen molar-refractivity contribution < 1.29 is 27.5 Å². The number of rotatable bonds is 6. The van der Waals surface area contributed by atoms with E-state index in [9.17, 15) is 22.8 Å². The smallest absolute Gasteiger partial charge is 0.406 e. The van der Waals surface area contributed by atoms with Gasteiger partial charge in [-0.3, -0.25) is 9.59 Å². The molecule has 0 radical (unpaired) electrons. The van der Waals surface area contributed by atoms with Crippen molar-refractivity contribution in [3.05, 3.63) is 59.8 Å². The highest BCUT2D eigenvalue weighted by molar-refractivity contribution is 6.03. The Morgan fingerprint density at radius 2 is 1.89 bits per heavy atom. The van der Waals surface area contributed by atoms with E-state index in [2.05, 4.69) is 19.9 Å². The Kier molecular flexibility index (Phi) is 6.95. The number of aromatic nitrogens is 1. The molecule has 2 N–H and O–H groups in total. The predicted molar refractivity (Wildman–Crippen MR) is 136 cm³/mol. The average Bonchev–Trinajstić information content (AvgIpc) is 3.18. The number of fused-ring (bicyclic) bond motifs is 2. The maximum absolute atomic E-state index is 12.7.